The van der Waals surface area contributed by atoms with Gasteiger partial charge in [0.05, 0.1) is 0 Å². The van der Waals surface area contributed by atoms with Gasteiger partial charge in [-0.05, 0) is 75.5 Å². The maximum absolute atomic E-state index is 5.68. The lowest BCUT2D eigenvalue weighted by Crippen LogP contribution is -2.38. The van der Waals surface area contributed by atoms with Crippen LogP contribution in [0.2, 0.25) is 0 Å². The second-order valence-corrected chi connectivity index (χ2v) is 7.36. The molecule has 0 atom stereocenters. The number of ether oxygens (including phenoxy) is 1. The van der Waals surface area contributed by atoms with Gasteiger partial charge in [-0.2, -0.15) is 0 Å². The second kappa shape index (κ2) is 10.1. The lowest BCUT2D eigenvalue weighted by Gasteiger charge is -2.15. The van der Waals surface area contributed by atoms with E-state index in [0.717, 1.165) is 68.9 Å². The molecule has 0 amide bonds. The highest BCUT2D eigenvalue weighted by Gasteiger charge is 2.41. The van der Waals surface area contributed by atoms with E-state index >= 15 is 0 Å². The highest BCUT2D eigenvalue weighted by Crippen LogP contribution is 2.49. The fourth-order valence-electron chi connectivity index (χ4n) is 3.19. The maximum atomic E-state index is 5.68. The molecule has 23 heavy (non-hydrogen) atoms. The van der Waals surface area contributed by atoms with Gasteiger partial charge in [-0.3, -0.25) is 4.99 Å². The highest BCUT2D eigenvalue weighted by molar-refractivity contribution is 14.0. The van der Waals surface area contributed by atoms with Crippen LogP contribution in [0, 0.1) is 23.7 Å². The van der Waals surface area contributed by atoms with Crippen LogP contribution in [0.3, 0.4) is 0 Å². The van der Waals surface area contributed by atoms with Crippen molar-refractivity contribution in [2.45, 2.75) is 51.9 Å². The molecule has 0 aromatic carbocycles. The first kappa shape index (κ1) is 19.3. The van der Waals surface area contributed by atoms with Gasteiger partial charge in [0, 0.05) is 32.8 Å². The maximum Gasteiger partial charge on any atom is 0.191 e. The van der Waals surface area contributed by atoms with Gasteiger partial charge in [0.2, 0.25) is 0 Å². The molecule has 4 nitrogen and oxygen atoms in total. The number of guanidine groups is 1. The van der Waals surface area contributed by atoms with E-state index in [9.17, 15) is 0 Å². The van der Waals surface area contributed by atoms with Gasteiger partial charge in [0.25, 0.3) is 0 Å². The highest BCUT2D eigenvalue weighted by atomic mass is 127. The summed E-state index contributed by atoms with van der Waals surface area (Å²) in [7, 11) is 0. The predicted molar refractivity (Wildman–Crippen MR) is 106 cm³/mol. The molecule has 2 N–H and O–H groups in total. The van der Waals surface area contributed by atoms with Crippen LogP contribution in [0.5, 0.6) is 0 Å². The molecule has 3 rings (SSSR count). The Morgan fingerprint density at radius 1 is 1.09 bits per heavy atom. The average molecular weight is 435 g/mol. The predicted octanol–water partition coefficient (Wildman–Crippen LogP) is 3.41. The summed E-state index contributed by atoms with van der Waals surface area (Å²) in [4.78, 5) is 4.85. The van der Waals surface area contributed by atoms with E-state index in [1.807, 2.05) is 0 Å². The van der Waals surface area contributed by atoms with E-state index < -0.39 is 0 Å². The molecule has 3 aliphatic carbocycles. The Morgan fingerprint density at radius 3 is 2.35 bits per heavy atom. The van der Waals surface area contributed by atoms with Crippen molar-refractivity contribution >= 4 is 29.9 Å². The summed E-state index contributed by atoms with van der Waals surface area (Å²) in [5, 5.41) is 6.83. The lowest BCUT2D eigenvalue weighted by atomic mass is 9.98. The lowest BCUT2D eigenvalue weighted by molar-refractivity contribution is 0.123. The first-order valence-corrected chi connectivity index (χ1v) is 9.46. The quantitative estimate of drug-likeness (QED) is 0.226. The summed E-state index contributed by atoms with van der Waals surface area (Å²) in [5.74, 6) is 4.69. The molecule has 0 heterocycles. The van der Waals surface area contributed by atoms with Gasteiger partial charge in [0.1, 0.15) is 0 Å². The molecule has 0 bridgehead atoms. The monoisotopic (exact) mass is 435 g/mol. The number of nitrogens with one attached hydrogen (secondary N) is 2. The molecule has 3 aliphatic rings. The molecule has 0 aromatic rings. The molecule has 3 fully saturated rings. The summed E-state index contributed by atoms with van der Waals surface area (Å²) >= 11 is 0. The Morgan fingerprint density at radius 2 is 1.78 bits per heavy atom. The van der Waals surface area contributed by atoms with Crippen LogP contribution in [0.15, 0.2) is 4.99 Å². The Labute approximate surface area is 158 Å². The van der Waals surface area contributed by atoms with Gasteiger partial charge in [0.15, 0.2) is 5.96 Å². The van der Waals surface area contributed by atoms with Crippen molar-refractivity contribution in [3.63, 3.8) is 0 Å². The molecule has 3 saturated carbocycles. The molecular formula is C18H34IN3O. The second-order valence-electron chi connectivity index (χ2n) is 7.36. The van der Waals surface area contributed by atoms with Crippen molar-refractivity contribution in [2.75, 3.05) is 32.8 Å². The number of hydrogen-bond acceptors (Lipinski definition) is 2. The van der Waals surface area contributed by atoms with E-state index in [2.05, 4.69) is 17.6 Å². The Balaban J connectivity index is 0.00000192. The van der Waals surface area contributed by atoms with Gasteiger partial charge >= 0.3 is 0 Å². The number of hydrogen-bond donors (Lipinski definition) is 2. The molecule has 5 heteroatoms. The SMILES string of the molecule is CCNC(=NCC(C1CC1)C1CC1)NCCCOCC1CC1.I. The van der Waals surface area contributed by atoms with Crippen LogP contribution in [0.1, 0.15) is 51.9 Å². The van der Waals surface area contributed by atoms with Crippen LogP contribution in [0.25, 0.3) is 0 Å². The molecule has 0 radical (unpaired) electrons. The topological polar surface area (TPSA) is 45.7 Å². The van der Waals surface area contributed by atoms with Crippen LogP contribution in [-0.4, -0.2) is 38.8 Å². The fourth-order valence-corrected chi connectivity index (χ4v) is 3.19. The normalized spacial score (nSPS) is 21.2. The minimum atomic E-state index is 0. The first-order valence-electron chi connectivity index (χ1n) is 9.46. The zero-order valence-corrected chi connectivity index (χ0v) is 16.9. The van der Waals surface area contributed by atoms with E-state index in [4.69, 9.17) is 9.73 Å². The fraction of sp³-hybridized carbons (Fsp3) is 0.944. The van der Waals surface area contributed by atoms with Crippen molar-refractivity contribution in [3.05, 3.63) is 0 Å². The largest absolute Gasteiger partial charge is 0.381 e. The van der Waals surface area contributed by atoms with Crippen molar-refractivity contribution < 1.29 is 4.74 Å². The summed E-state index contributed by atoms with van der Waals surface area (Å²) in [6.45, 7) is 6.88. The molecule has 0 spiro atoms. The Bertz CT molecular complexity index is 353. The number of aliphatic imine (C=N–C) groups is 1. The van der Waals surface area contributed by atoms with E-state index in [1.165, 1.54) is 38.5 Å². The van der Waals surface area contributed by atoms with Crippen LogP contribution in [-0.2, 0) is 4.74 Å². The molecule has 0 unspecified atom stereocenters. The smallest absolute Gasteiger partial charge is 0.191 e. The molecule has 0 aliphatic heterocycles. The minimum absolute atomic E-state index is 0. The van der Waals surface area contributed by atoms with Gasteiger partial charge in [-0.15, -0.1) is 24.0 Å². The van der Waals surface area contributed by atoms with E-state index in [1.54, 1.807) is 0 Å². The summed E-state index contributed by atoms with van der Waals surface area (Å²) in [6.07, 6.45) is 9.58. The third-order valence-electron chi connectivity index (χ3n) is 5.07. The third kappa shape index (κ3) is 7.59. The van der Waals surface area contributed by atoms with Crippen molar-refractivity contribution in [1.82, 2.24) is 10.6 Å². The number of halogens is 1. The molecule has 0 saturated heterocycles. The molecular weight excluding hydrogens is 401 g/mol. The van der Waals surface area contributed by atoms with E-state index in [0.29, 0.717) is 0 Å². The average Bonchev–Trinajstić information content (AvgIpc) is 3.39. The zero-order valence-electron chi connectivity index (χ0n) is 14.6. The summed E-state index contributed by atoms with van der Waals surface area (Å²) < 4.78 is 5.68. The van der Waals surface area contributed by atoms with Gasteiger partial charge in [-0.1, -0.05) is 0 Å². The van der Waals surface area contributed by atoms with Gasteiger partial charge < -0.3 is 15.4 Å². The third-order valence-corrected chi connectivity index (χ3v) is 5.07. The van der Waals surface area contributed by atoms with Crippen molar-refractivity contribution in [3.8, 4) is 0 Å². The molecule has 0 aromatic heterocycles. The zero-order chi connectivity index (χ0) is 15.2. The van der Waals surface area contributed by atoms with Crippen LogP contribution >= 0.6 is 24.0 Å². The van der Waals surface area contributed by atoms with Crippen LogP contribution < -0.4 is 10.6 Å². The summed E-state index contributed by atoms with van der Waals surface area (Å²) in [6, 6.07) is 0. The van der Waals surface area contributed by atoms with Gasteiger partial charge in [-0.25, -0.2) is 0 Å². The Hall–Kier alpha value is -0.0400. The molecule has 134 valence electrons. The van der Waals surface area contributed by atoms with E-state index in [-0.39, 0.29) is 24.0 Å². The number of rotatable bonds is 11. The van der Waals surface area contributed by atoms with Crippen LogP contribution in [0.4, 0.5) is 0 Å². The first-order chi connectivity index (χ1) is 10.9. The number of nitrogens with zero attached hydrogens (tertiary/aromatic N) is 1. The van der Waals surface area contributed by atoms with Crippen molar-refractivity contribution in [2.24, 2.45) is 28.7 Å². The Kier molecular flexibility index (Phi) is 8.44. The standard InChI is InChI=1S/C18H33N3O.HI/c1-2-19-18(20-10-3-11-22-13-14-4-5-14)21-12-17(15-6-7-15)16-8-9-16;/h14-17H,2-13H2,1H3,(H2,19,20,21);1H. The van der Waals surface area contributed by atoms with Crippen molar-refractivity contribution in [1.29, 1.82) is 0 Å². The minimum Gasteiger partial charge on any atom is -0.381 e. The summed E-state index contributed by atoms with van der Waals surface area (Å²) in [5.41, 5.74) is 0.